The molecule has 0 saturated carbocycles. The molecule has 1 unspecified atom stereocenters. The molecular weight excluding hydrogens is 348 g/mol. The van der Waals surface area contributed by atoms with Gasteiger partial charge in [-0.1, -0.05) is 0 Å². The van der Waals surface area contributed by atoms with Crippen LogP contribution in [0.2, 0.25) is 0 Å². The van der Waals surface area contributed by atoms with E-state index in [4.69, 9.17) is 4.74 Å². The third-order valence-electron chi connectivity index (χ3n) is 4.35. The second-order valence-corrected chi connectivity index (χ2v) is 6.37. The number of morpholine rings is 1. The Morgan fingerprint density at radius 2 is 1.96 bits per heavy atom. The summed E-state index contributed by atoms with van der Waals surface area (Å²) in [4.78, 5) is 17.3. The molecule has 0 amide bonds. The number of anilines is 1. The van der Waals surface area contributed by atoms with E-state index in [1.807, 2.05) is 6.92 Å². The predicted octanol–water partition coefficient (Wildman–Crippen LogP) is 1.28. The highest BCUT2D eigenvalue weighted by molar-refractivity contribution is 5.79. The molecule has 2 rings (SSSR count). The first kappa shape index (κ1) is 20.9. The second-order valence-electron chi connectivity index (χ2n) is 6.37. The van der Waals surface area contributed by atoms with Gasteiger partial charge in [-0.2, -0.15) is 0 Å². The number of nitrogens with one attached hydrogen (secondary N) is 3. The summed E-state index contributed by atoms with van der Waals surface area (Å²) >= 11 is 0. The van der Waals surface area contributed by atoms with E-state index in [1.165, 1.54) is 12.1 Å². The first-order valence-electron chi connectivity index (χ1n) is 9.42. The normalized spacial score (nSPS) is 16.6. The highest BCUT2D eigenvalue weighted by Crippen LogP contribution is 2.14. The van der Waals surface area contributed by atoms with Crippen LogP contribution >= 0.6 is 0 Å². The van der Waals surface area contributed by atoms with Crippen molar-refractivity contribution in [2.24, 2.45) is 4.99 Å². The van der Waals surface area contributed by atoms with E-state index in [9.17, 15) is 10.1 Å². The number of non-ortho nitro benzene ring substituents is 1. The summed E-state index contributed by atoms with van der Waals surface area (Å²) < 4.78 is 5.39. The quantitative estimate of drug-likeness (QED) is 0.195. The SMILES string of the molecule is CCNC(=NCC(C)N1CCOCC1)NCCNc1ccc([N+](=O)[O-])cc1. The lowest BCUT2D eigenvalue weighted by molar-refractivity contribution is -0.384. The van der Waals surface area contributed by atoms with Gasteiger partial charge in [-0.3, -0.25) is 20.0 Å². The minimum atomic E-state index is -0.400. The Bertz CT molecular complexity index is 602. The number of nitrogens with zero attached hydrogens (tertiary/aromatic N) is 3. The summed E-state index contributed by atoms with van der Waals surface area (Å²) in [6, 6.07) is 6.79. The largest absolute Gasteiger partial charge is 0.383 e. The van der Waals surface area contributed by atoms with Crippen LogP contribution in [0.1, 0.15) is 13.8 Å². The molecule has 9 heteroatoms. The van der Waals surface area contributed by atoms with E-state index >= 15 is 0 Å². The van der Waals surface area contributed by atoms with Crippen molar-refractivity contribution in [3.8, 4) is 0 Å². The van der Waals surface area contributed by atoms with Gasteiger partial charge < -0.3 is 20.7 Å². The summed E-state index contributed by atoms with van der Waals surface area (Å²) in [6.45, 7) is 10.6. The van der Waals surface area contributed by atoms with E-state index in [0.717, 1.165) is 51.0 Å². The molecule has 9 nitrogen and oxygen atoms in total. The van der Waals surface area contributed by atoms with Crippen LogP contribution in [-0.2, 0) is 4.74 Å². The van der Waals surface area contributed by atoms with E-state index in [-0.39, 0.29) is 5.69 Å². The minimum Gasteiger partial charge on any atom is -0.383 e. The molecule has 1 fully saturated rings. The second kappa shape index (κ2) is 11.3. The zero-order valence-electron chi connectivity index (χ0n) is 16.1. The van der Waals surface area contributed by atoms with Crippen LogP contribution in [0, 0.1) is 10.1 Å². The number of nitro groups is 1. The number of nitro benzene ring substituents is 1. The molecule has 0 radical (unpaired) electrons. The first-order valence-corrected chi connectivity index (χ1v) is 9.42. The maximum atomic E-state index is 10.7. The summed E-state index contributed by atoms with van der Waals surface area (Å²) in [7, 11) is 0. The monoisotopic (exact) mass is 378 g/mol. The van der Waals surface area contributed by atoms with Gasteiger partial charge in [-0.25, -0.2) is 0 Å². The van der Waals surface area contributed by atoms with Gasteiger partial charge in [0.1, 0.15) is 0 Å². The molecule has 3 N–H and O–H groups in total. The fraction of sp³-hybridized carbons (Fsp3) is 0.611. The average Bonchev–Trinajstić information content (AvgIpc) is 2.70. The van der Waals surface area contributed by atoms with Crippen LogP contribution in [0.25, 0.3) is 0 Å². The topological polar surface area (TPSA) is 104 Å². The minimum absolute atomic E-state index is 0.0922. The lowest BCUT2D eigenvalue weighted by Gasteiger charge is -2.31. The summed E-state index contributed by atoms with van der Waals surface area (Å²) in [5, 5.41) is 20.5. The highest BCUT2D eigenvalue weighted by atomic mass is 16.6. The molecule has 1 atom stereocenters. The number of benzene rings is 1. The maximum Gasteiger partial charge on any atom is 0.269 e. The van der Waals surface area contributed by atoms with Crippen LogP contribution in [0.4, 0.5) is 11.4 Å². The molecule has 1 heterocycles. The number of ether oxygens (including phenoxy) is 1. The van der Waals surface area contributed by atoms with Crippen molar-refractivity contribution in [1.29, 1.82) is 0 Å². The average molecular weight is 378 g/mol. The van der Waals surface area contributed by atoms with Gasteiger partial charge in [0.2, 0.25) is 0 Å². The zero-order valence-corrected chi connectivity index (χ0v) is 16.1. The highest BCUT2D eigenvalue weighted by Gasteiger charge is 2.16. The molecule has 27 heavy (non-hydrogen) atoms. The summed E-state index contributed by atoms with van der Waals surface area (Å²) in [5.41, 5.74) is 0.944. The van der Waals surface area contributed by atoms with Gasteiger partial charge >= 0.3 is 0 Å². The number of aliphatic imine (C=N–C) groups is 1. The Morgan fingerprint density at radius 1 is 1.26 bits per heavy atom. The molecule has 1 aliphatic heterocycles. The Hall–Kier alpha value is -2.39. The van der Waals surface area contributed by atoms with Crippen molar-refractivity contribution in [3.05, 3.63) is 34.4 Å². The van der Waals surface area contributed by atoms with Crippen molar-refractivity contribution in [2.75, 3.05) is 57.8 Å². The molecule has 1 aromatic rings. The molecule has 0 bridgehead atoms. The van der Waals surface area contributed by atoms with Gasteiger partial charge in [0.15, 0.2) is 5.96 Å². The van der Waals surface area contributed by atoms with Crippen molar-refractivity contribution >= 4 is 17.3 Å². The van der Waals surface area contributed by atoms with Gasteiger partial charge in [-0.05, 0) is 26.0 Å². The zero-order chi connectivity index (χ0) is 19.5. The molecule has 1 aliphatic rings. The van der Waals surface area contributed by atoms with Crippen LogP contribution in [0.3, 0.4) is 0 Å². The molecule has 1 aromatic carbocycles. The van der Waals surface area contributed by atoms with Gasteiger partial charge in [0.25, 0.3) is 5.69 Å². The standard InChI is InChI=1S/C18H30N6O3/c1-3-19-18(22-14-15(2)23-10-12-27-13-11-23)21-9-8-20-16-4-6-17(7-5-16)24(25)26/h4-7,15,20H,3,8-14H2,1-2H3,(H2,19,21,22). The fourth-order valence-corrected chi connectivity index (χ4v) is 2.79. The Balaban J connectivity index is 1.73. The van der Waals surface area contributed by atoms with Crippen molar-refractivity contribution in [3.63, 3.8) is 0 Å². The lowest BCUT2D eigenvalue weighted by atomic mass is 10.2. The van der Waals surface area contributed by atoms with Crippen LogP contribution in [-0.4, -0.2) is 74.3 Å². The summed E-state index contributed by atoms with van der Waals surface area (Å²) in [5.74, 6) is 0.795. The Morgan fingerprint density at radius 3 is 2.59 bits per heavy atom. The molecule has 0 spiro atoms. The fourth-order valence-electron chi connectivity index (χ4n) is 2.79. The lowest BCUT2D eigenvalue weighted by Crippen LogP contribution is -2.45. The van der Waals surface area contributed by atoms with E-state index in [0.29, 0.717) is 19.1 Å². The van der Waals surface area contributed by atoms with Crippen molar-refractivity contribution < 1.29 is 9.66 Å². The number of guanidine groups is 1. The van der Waals surface area contributed by atoms with E-state index in [1.54, 1.807) is 12.1 Å². The van der Waals surface area contributed by atoms with Crippen LogP contribution in [0.15, 0.2) is 29.3 Å². The Kier molecular flexibility index (Phi) is 8.79. The summed E-state index contributed by atoms with van der Waals surface area (Å²) in [6.07, 6.45) is 0. The van der Waals surface area contributed by atoms with Crippen molar-refractivity contribution in [1.82, 2.24) is 15.5 Å². The smallest absolute Gasteiger partial charge is 0.269 e. The van der Waals surface area contributed by atoms with E-state index < -0.39 is 4.92 Å². The van der Waals surface area contributed by atoms with Gasteiger partial charge in [-0.15, -0.1) is 0 Å². The molecule has 0 aliphatic carbocycles. The van der Waals surface area contributed by atoms with Crippen LogP contribution in [0.5, 0.6) is 0 Å². The number of hydrogen-bond donors (Lipinski definition) is 3. The molecule has 0 aromatic heterocycles. The maximum absolute atomic E-state index is 10.7. The van der Waals surface area contributed by atoms with Gasteiger partial charge in [0.05, 0.1) is 24.7 Å². The third kappa shape index (κ3) is 7.40. The first-order chi connectivity index (χ1) is 13.1. The number of rotatable bonds is 9. The molecular formula is C18H30N6O3. The van der Waals surface area contributed by atoms with Crippen LogP contribution < -0.4 is 16.0 Å². The van der Waals surface area contributed by atoms with Crippen molar-refractivity contribution in [2.45, 2.75) is 19.9 Å². The molecule has 150 valence electrons. The molecule has 1 saturated heterocycles. The van der Waals surface area contributed by atoms with E-state index in [2.05, 4.69) is 32.8 Å². The predicted molar refractivity (Wildman–Crippen MR) is 107 cm³/mol. The Labute approximate surface area is 160 Å². The third-order valence-corrected chi connectivity index (χ3v) is 4.35. The number of hydrogen-bond acceptors (Lipinski definition) is 6. The van der Waals surface area contributed by atoms with Gasteiger partial charge in [0, 0.05) is 56.6 Å².